The maximum absolute atomic E-state index is 7.17. The molecule has 3 nitrogen and oxygen atoms in total. The summed E-state index contributed by atoms with van der Waals surface area (Å²) in [6.07, 6.45) is 0. The minimum absolute atomic E-state index is 0. The molecule has 0 bridgehead atoms. The molecule has 0 radical (unpaired) electrons. The number of hydrogen-bond acceptors (Lipinski definition) is 3. The van der Waals surface area contributed by atoms with Crippen molar-refractivity contribution in [3.05, 3.63) is 0 Å². The van der Waals surface area contributed by atoms with Crippen molar-refractivity contribution in [3.8, 4) is 0 Å². The van der Waals surface area contributed by atoms with Crippen molar-refractivity contribution in [2.24, 2.45) is 0 Å². The van der Waals surface area contributed by atoms with E-state index in [0.717, 1.165) is 0 Å². The zero-order valence-corrected chi connectivity index (χ0v) is 11.8. The zero-order valence-electron chi connectivity index (χ0n) is 3.33. The molecule has 0 atom stereocenters. The smallest absolute Gasteiger partial charge is 0 e. The summed E-state index contributed by atoms with van der Waals surface area (Å²) in [6, 6.07) is 0. The van der Waals surface area contributed by atoms with Gasteiger partial charge in [-0.3, -0.25) is 0 Å². The second-order valence-electron chi connectivity index (χ2n) is 0.346. The van der Waals surface area contributed by atoms with Gasteiger partial charge in [0.25, 0.3) is 0 Å². The molecule has 34 valence electrons. The van der Waals surface area contributed by atoms with Crippen LogP contribution in [0.3, 0.4) is 0 Å². The first-order valence-corrected chi connectivity index (χ1v) is 0.775. The Balaban J connectivity index is -0.0000000450. The molecule has 0 amide bonds. The molecule has 6 heteroatoms. The molecule has 0 unspecified atom stereocenters. The molecule has 6 heavy (non-hydrogen) atoms. The van der Waals surface area contributed by atoms with Gasteiger partial charge in [-0.05, 0) is 0 Å². The Kier molecular flexibility index (Phi) is 25.2. The Bertz CT molecular complexity index is 15.5. The van der Waals surface area contributed by atoms with E-state index in [1.54, 1.807) is 0 Å². The van der Waals surface area contributed by atoms with Crippen LogP contribution >= 0.6 is 0 Å². The van der Waals surface area contributed by atoms with Gasteiger partial charge in [0.15, 0.2) is 0 Å². The fourth-order valence-corrected chi connectivity index (χ4v) is 0. The molecule has 0 aromatic carbocycles. The van der Waals surface area contributed by atoms with Gasteiger partial charge in [-0.1, -0.05) is 0 Å². The summed E-state index contributed by atoms with van der Waals surface area (Å²) in [5, 5.41) is 21.5. The van der Waals surface area contributed by atoms with Crippen molar-refractivity contribution >= 4 is 33.5 Å². The standard InChI is InChI=1S/BH3O3.Bi.Zn.3H/c2-1(3)4;;;;;/h2-4H;;;;;. The van der Waals surface area contributed by atoms with Crippen molar-refractivity contribution in [3.63, 3.8) is 0 Å². The third kappa shape index (κ3) is 51.3. The van der Waals surface area contributed by atoms with Gasteiger partial charge in [0.2, 0.25) is 0 Å². The van der Waals surface area contributed by atoms with E-state index in [9.17, 15) is 0 Å². The van der Waals surface area contributed by atoms with Crippen molar-refractivity contribution in [1.29, 1.82) is 0 Å². The second kappa shape index (κ2) is 9.68. The predicted octanol–water partition coefficient (Wildman–Crippen LogP) is -3.24. The molecule has 0 spiro atoms. The van der Waals surface area contributed by atoms with E-state index >= 15 is 0 Å². The van der Waals surface area contributed by atoms with E-state index < -0.39 is 7.32 Å². The van der Waals surface area contributed by atoms with Crippen LogP contribution in [0.5, 0.6) is 0 Å². The van der Waals surface area contributed by atoms with E-state index in [-0.39, 0.29) is 45.7 Å². The fourth-order valence-electron chi connectivity index (χ4n) is 0. The predicted molar refractivity (Wildman–Crippen MR) is 22.3 cm³/mol. The van der Waals surface area contributed by atoms with Gasteiger partial charge >= 0.3 is 33.5 Å². The van der Waals surface area contributed by atoms with Gasteiger partial charge < -0.3 is 15.1 Å². The number of rotatable bonds is 0. The van der Waals surface area contributed by atoms with Crippen LogP contribution in [0.25, 0.3) is 0 Å². The van der Waals surface area contributed by atoms with E-state index in [2.05, 4.69) is 0 Å². The van der Waals surface area contributed by atoms with Crippen LogP contribution in [-0.4, -0.2) is 48.6 Å². The monoisotopic (exact) mass is 338 g/mol. The van der Waals surface area contributed by atoms with Crippen molar-refractivity contribution in [2.45, 2.75) is 0 Å². The molecule has 0 aliphatic rings. The average Bonchev–Trinajstić information content (AvgIpc) is 0.811. The summed E-state index contributed by atoms with van der Waals surface area (Å²) >= 11 is 0. The zero-order chi connectivity index (χ0) is 3.58. The van der Waals surface area contributed by atoms with E-state index in [1.807, 2.05) is 0 Å². The number of hydrogen-bond donors (Lipinski definition) is 3. The first-order valence-electron chi connectivity index (χ1n) is 0.775. The maximum atomic E-state index is 7.17. The summed E-state index contributed by atoms with van der Waals surface area (Å²) in [7, 11) is -2.17. The van der Waals surface area contributed by atoms with Crippen molar-refractivity contribution in [2.75, 3.05) is 0 Å². The van der Waals surface area contributed by atoms with Gasteiger partial charge in [-0.15, -0.1) is 0 Å². The molecular formula is H6BBiO3Zn. The topological polar surface area (TPSA) is 60.7 Å². The van der Waals surface area contributed by atoms with Gasteiger partial charge in [0.1, 0.15) is 0 Å². The van der Waals surface area contributed by atoms with Gasteiger partial charge in [0, 0.05) is 19.5 Å². The minimum Gasteiger partial charge on any atom is 0 e. The molecule has 0 aliphatic heterocycles. The molecule has 0 heterocycles. The molecule has 0 fully saturated rings. The van der Waals surface area contributed by atoms with Crippen LogP contribution in [0.1, 0.15) is 0 Å². The Hall–Kier alpha value is 1.45. The van der Waals surface area contributed by atoms with Crippen LogP contribution < -0.4 is 0 Å². The molecule has 3 N–H and O–H groups in total. The summed E-state index contributed by atoms with van der Waals surface area (Å²) in [5.74, 6) is 0. The molecule has 0 saturated carbocycles. The Labute approximate surface area is 67.8 Å². The summed E-state index contributed by atoms with van der Waals surface area (Å²) < 4.78 is 0. The third-order valence-corrected chi connectivity index (χ3v) is 0. The van der Waals surface area contributed by atoms with Crippen molar-refractivity contribution < 1.29 is 34.6 Å². The van der Waals surface area contributed by atoms with Crippen LogP contribution in [0.15, 0.2) is 0 Å². The second-order valence-corrected chi connectivity index (χ2v) is 0.346. The molecule has 0 aliphatic carbocycles. The molecule has 0 saturated heterocycles. The Morgan fingerprint density at radius 1 is 1.00 bits per heavy atom. The average molecular weight is 339 g/mol. The fraction of sp³-hybridized carbons (Fsp3) is 0. The van der Waals surface area contributed by atoms with Crippen LogP contribution in [0.4, 0.5) is 0 Å². The largest absolute Gasteiger partial charge is 0 e. The summed E-state index contributed by atoms with van der Waals surface area (Å²) in [5.41, 5.74) is 0. The van der Waals surface area contributed by atoms with Crippen LogP contribution in [0.2, 0.25) is 0 Å². The maximum Gasteiger partial charge on any atom is 0 e. The van der Waals surface area contributed by atoms with E-state index in [1.165, 1.54) is 0 Å². The van der Waals surface area contributed by atoms with Crippen molar-refractivity contribution in [1.82, 2.24) is 0 Å². The van der Waals surface area contributed by atoms with E-state index in [0.29, 0.717) is 0 Å². The first kappa shape index (κ1) is 15.7. The molecule has 0 rings (SSSR count). The third-order valence-electron chi connectivity index (χ3n) is 0. The van der Waals surface area contributed by atoms with Gasteiger partial charge in [-0.25, -0.2) is 0 Å². The molecule has 0 aromatic heterocycles. The molecule has 0 aromatic rings. The SMILES string of the molecule is OB(O)O.[BiH3].[Zn]. The minimum atomic E-state index is -2.17. The Morgan fingerprint density at radius 3 is 1.00 bits per heavy atom. The van der Waals surface area contributed by atoms with Gasteiger partial charge in [-0.2, -0.15) is 0 Å². The summed E-state index contributed by atoms with van der Waals surface area (Å²) in [6.45, 7) is 0. The van der Waals surface area contributed by atoms with Crippen LogP contribution in [-0.2, 0) is 19.5 Å². The van der Waals surface area contributed by atoms with Crippen LogP contribution in [0, 0.1) is 0 Å². The summed E-state index contributed by atoms with van der Waals surface area (Å²) in [4.78, 5) is 0. The molecular weight excluding hydrogens is 333 g/mol. The Morgan fingerprint density at radius 2 is 1.00 bits per heavy atom. The first-order chi connectivity index (χ1) is 1.73. The quantitative estimate of drug-likeness (QED) is 0.407. The van der Waals surface area contributed by atoms with Gasteiger partial charge in [0.05, 0.1) is 0 Å². The normalized spacial score (nSPS) is 4.50. The van der Waals surface area contributed by atoms with E-state index in [4.69, 9.17) is 15.1 Å².